The van der Waals surface area contributed by atoms with E-state index >= 15 is 0 Å². The van der Waals surface area contributed by atoms with E-state index in [1.54, 1.807) is 6.08 Å². The molecule has 79 heavy (non-hydrogen) atoms. The van der Waals surface area contributed by atoms with E-state index in [0.29, 0.717) is 12.8 Å². The molecule has 0 rings (SSSR count). The van der Waals surface area contributed by atoms with Gasteiger partial charge in [0.05, 0.1) is 6.42 Å². The molecule has 0 aromatic heterocycles. The van der Waals surface area contributed by atoms with E-state index in [2.05, 4.69) is 142 Å². The van der Waals surface area contributed by atoms with Crippen molar-refractivity contribution in [2.75, 3.05) is 13.2 Å². The first-order chi connectivity index (χ1) is 39.0. The maximum Gasteiger partial charge on any atom is 0.310 e. The fraction of sp³-hybridized carbons (Fsp3) is 0.658. The second kappa shape index (κ2) is 66.1. The van der Waals surface area contributed by atoms with Crippen LogP contribution in [0.15, 0.2) is 134 Å². The molecule has 448 valence electrons. The summed E-state index contributed by atoms with van der Waals surface area (Å²) < 4.78 is 16.8. The van der Waals surface area contributed by atoms with Crippen LogP contribution in [0.2, 0.25) is 0 Å². The SMILES string of the molecule is CC/C=C\C/C=C\C/C=C\C/C=C\C/C=C\CCCCCCCCCCCCCCCCCC(=O)OCC(COC(=O)CCCCCCC/C=C\CCCCCCCC)OC(=O)C/C=C\C/C=C\C/C=C\C/C=C\C/C=C\CC. The second-order valence-corrected chi connectivity index (χ2v) is 21.3. The monoisotopic (exact) mass is 1090 g/mol. The van der Waals surface area contributed by atoms with Gasteiger partial charge in [-0.3, -0.25) is 14.4 Å². The standard InChI is InChI=1S/C73H120O6/c1-4-7-10-13-16-19-22-25-28-29-30-31-32-33-34-35-36-37-38-39-40-41-42-43-46-48-51-54-57-60-63-66-72(75)78-69-70(79-73(76)67-64-61-58-55-52-49-45-27-24-21-18-15-12-9-6-3)68-77-71(74)65-62-59-56-53-50-47-44-26-23-20-17-14-11-8-5-2/h7,9-10,12,16,18-19,21,25-28,30-31,33-34,44-45,52,55,61,64,70H,4-6,8,11,13-15,17,20,22-24,29,32,35-43,46-51,53-54,56-60,62-63,65-69H2,1-3H3/b10-7-,12-9-,19-16-,21-18-,28-25-,31-30-,34-33-,44-26-,45-27-,55-52-,64-61-. The van der Waals surface area contributed by atoms with Gasteiger partial charge in [-0.2, -0.15) is 0 Å². The topological polar surface area (TPSA) is 78.9 Å². The van der Waals surface area contributed by atoms with Crippen LogP contribution in [0.5, 0.6) is 0 Å². The van der Waals surface area contributed by atoms with Crippen LogP contribution in [0.25, 0.3) is 0 Å². The molecular formula is C73H120O6. The van der Waals surface area contributed by atoms with Crippen LogP contribution in [0, 0.1) is 0 Å². The molecule has 0 saturated heterocycles. The van der Waals surface area contributed by atoms with Gasteiger partial charge in [-0.05, 0) is 116 Å². The van der Waals surface area contributed by atoms with E-state index in [1.807, 2.05) is 6.08 Å². The predicted octanol–water partition coefficient (Wildman–Crippen LogP) is 22.5. The van der Waals surface area contributed by atoms with Crippen LogP contribution in [-0.2, 0) is 28.6 Å². The molecule has 6 nitrogen and oxygen atoms in total. The molecule has 0 saturated carbocycles. The summed E-state index contributed by atoms with van der Waals surface area (Å²) in [6.07, 6.45) is 93.5. The fourth-order valence-electron chi connectivity index (χ4n) is 8.83. The lowest BCUT2D eigenvalue weighted by molar-refractivity contribution is -0.166. The largest absolute Gasteiger partial charge is 0.462 e. The molecule has 0 aliphatic rings. The minimum atomic E-state index is -0.839. The quantitative estimate of drug-likeness (QED) is 0.0261. The first-order valence-corrected chi connectivity index (χ1v) is 32.7. The highest BCUT2D eigenvalue weighted by Crippen LogP contribution is 2.16. The molecule has 0 aliphatic heterocycles. The van der Waals surface area contributed by atoms with Crippen LogP contribution in [0.3, 0.4) is 0 Å². The van der Waals surface area contributed by atoms with E-state index in [9.17, 15) is 14.4 Å². The number of hydrogen-bond donors (Lipinski definition) is 0. The van der Waals surface area contributed by atoms with Crippen molar-refractivity contribution < 1.29 is 28.6 Å². The van der Waals surface area contributed by atoms with Crippen molar-refractivity contribution >= 4 is 17.9 Å². The van der Waals surface area contributed by atoms with Gasteiger partial charge in [-0.1, -0.05) is 289 Å². The summed E-state index contributed by atoms with van der Waals surface area (Å²) in [6, 6.07) is 0. The van der Waals surface area contributed by atoms with Gasteiger partial charge in [0.25, 0.3) is 0 Å². The Bertz CT molecular complexity index is 1680. The van der Waals surface area contributed by atoms with Crippen LogP contribution in [0.1, 0.15) is 290 Å². The average molecular weight is 1090 g/mol. The van der Waals surface area contributed by atoms with Gasteiger partial charge in [-0.25, -0.2) is 0 Å². The Kier molecular flexibility index (Phi) is 62.3. The number of carbonyl (C=O) groups is 3. The molecule has 0 spiro atoms. The first-order valence-electron chi connectivity index (χ1n) is 32.7. The number of hydrogen-bond acceptors (Lipinski definition) is 6. The zero-order valence-electron chi connectivity index (χ0n) is 51.3. The lowest BCUT2D eigenvalue weighted by atomic mass is 10.0. The van der Waals surface area contributed by atoms with Crippen molar-refractivity contribution in [3.05, 3.63) is 134 Å². The fourth-order valence-corrected chi connectivity index (χ4v) is 8.83. The van der Waals surface area contributed by atoms with Crippen LogP contribution in [-0.4, -0.2) is 37.2 Å². The van der Waals surface area contributed by atoms with Gasteiger partial charge >= 0.3 is 17.9 Å². The van der Waals surface area contributed by atoms with Crippen molar-refractivity contribution in [3.63, 3.8) is 0 Å². The van der Waals surface area contributed by atoms with Crippen molar-refractivity contribution in [2.24, 2.45) is 0 Å². The van der Waals surface area contributed by atoms with Gasteiger partial charge in [0, 0.05) is 12.8 Å². The molecular weight excluding hydrogens is 973 g/mol. The molecule has 0 bridgehead atoms. The highest BCUT2D eigenvalue weighted by Gasteiger charge is 2.19. The van der Waals surface area contributed by atoms with E-state index in [0.717, 1.165) is 116 Å². The normalized spacial score (nSPS) is 13.0. The van der Waals surface area contributed by atoms with Crippen molar-refractivity contribution in [2.45, 2.75) is 297 Å². The highest BCUT2D eigenvalue weighted by molar-refractivity contribution is 5.72. The second-order valence-electron chi connectivity index (χ2n) is 21.3. The highest BCUT2D eigenvalue weighted by atomic mass is 16.6. The summed E-state index contributed by atoms with van der Waals surface area (Å²) in [5.41, 5.74) is 0. The van der Waals surface area contributed by atoms with Crippen molar-refractivity contribution in [1.82, 2.24) is 0 Å². The van der Waals surface area contributed by atoms with Gasteiger partial charge in [0.2, 0.25) is 0 Å². The Morgan fingerprint density at radius 1 is 0.278 bits per heavy atom. The minimum absolute atomic E-state index is 0.0924. The third-order valence-corrected chi connectivity index (χ3v) is 13.7. The van der Waals surface area contributed by atoms with Gasteiger partial charge in [0.1, 0.15) is 13.2 Å². The third kappa shape index (κ3) is 64.3. The Morgan fingerprint density at radius 2 is 0.532 bits per heavy atom. The lowest BCUT2D eigenvalue weighted by Gasteiger charge is -2.18. The number of carbonyl (C=O) groups excluding carboxylic acids is 3. The smallest absolute Gasteiger partial charge is 0.310 e. The zero-order valence-corrected chi connectivity index (χ0v) is 51.3. The van der Waals surface area contributed by atoms with Crippen molar-refractivity contribution in [1.29, 1.82) is 0 Å². The summed E-state index contributed by atoms with van der Waals surface area (Å²) >= 11 is 0. The molecule has 1 unspecified atom stereocenters. The molecule has 0 aromatic carbocycles. The van der Waals surface area contributed by atoms with Crippen LogP contribution < -0.4 is 0 Å². The zero-order chi connectivity index (χ0) is 57.1. The first kappa shape index (κ1) is 74.5. The van der Waals surface area contributed by atoms with Gasteiger partial charge in [-0.15, -0.1) is 0 Å². The number of esters is 3. The number of unbranched alkanes of at least 4 members (excludes halogenated alkanes) is 26. The summed E-state index contributed by atoms with van der Waals surface area (Å²) in [5, 5.41) is 0. The summed E-state index contributed by atoms with van der Waals surface area (Å²) in [4.78, 5) is 38.2. The van der Waals surface area contributed by atoms with E-state index in [1.165, 1.54) is 135 Å². The molecule has 0 N–H and O–H groups in total. The van der Waals surface area contributed by atoms with Gasteiger partial charge in [0.15, 0.2) is 6.10 Å². The number of allylic oxidation sites excluding steroid dienone is 21. The maximum atomic E-state index is 12.8. The minimum Gasteiger partial charge on any atom is -0.462 e. The van der Waals surface area contributed by atoms with E-state index < -0.39 is 12.1 Å². The number of rotatable bonds is 58. The molecule has 0 fully saturated rings. The molecule has 6 heteroatoms. The predicted molar refractivity (Wildman–Crippen MR) is 343 cm³/mol. The van der Waals surface area contributed by atoms with Crippen LogP contribution >= 0.6 is 0 Å². The number of ether oxygens (including phenoxy) is 3. The van der Waals surface area contributed by atoms with Crippen LogP contribution in [0.4, 0.5) is 0 Å². The van der Waals surface area contributed by atoms with E-state index in [-0.39, 0.29) is 31.6 Å². The molecule has 0 amide bonds. The molecule has 0 aliphatic carbocycles. The van der Waals surface area contributed by atoms with E-state index in [4.69, 9.17) is 14.2 Å². The average Bonchev–Trinajstić information content (AvgIpc) is 3.45. The Labute approximate surface area is 487 Å². The summed E-state index contributed by atoms with van der Waals surface area (Å²) in [5.74, 6) is -1.06. The van der Waals surface area contributed by atoms with Crippen molar-refractivity contribution in [3.8, 4) is 0 Å². The molecule has 0 radical (unpaired) electrons. The third-order valence-electron chi connectivity index (χ3n) is 13.7. The molecule has 0 aromatic rings. The summed E-state index contributed by atoms with van der Waals surface area (Å²) in [7, 11) is 0. The molecule has 1 atom stereocenters. The Hall–Kier alpha value is -4.45. The maximum absolute atomic E-state index is 12.8. The van der Waals surface area contributed by atoms with Gasteiger partial charge < -0.3 is 14.2 Å². The Balaban J connectivity index is 4.30. The molecule has 0 heterocycles. The Morgan fingerprint density at radius 3 is 0.848 bits per heavy atom. The lowest BCUT2D eigenvalue weighted by Crippen LogP contribution is -2.30. The summed E-state index contributed by atoms with van der Waals surface area (Å²) in [6.45, 7) is 6.33.